The van der Waals surface area contributed by atoms with Gasteiger partial charge in [0.2, 0.25) is 0 Å². The van der Waals surface area contributed by atoms with E-state index in [1.54, 1.807) is 24.3 Å². The summed E-state index contributed by atoms with van der Waals surface area (Å²) in [6, 6.07) is 7.95. The number of quaternary nitrogens is 1. The lowest BCUT2D eigenvalue weighted by Gasteiger charge is -2.51. The third-order valence-corrected chi connectivity index (χ3v) is 7.12. The average Bonchev–Trinajstić information content (AvgIpc) is 3.12. The minimum absolute atomic E-state index is 0.00482. The highest BCUT2D eigenvalue weighted by Gasteiger charge is 2.53. The van der Waals surface area contributed by atoms with Crippen molar-refractivity contribution in [3.8, 4) is 0 Å². The highest BCUT2D eigenvalue weighted by Crippen LogP contribution is 2.41. The minimum Gasteiger partial charge on any atom is -0.543 e. The molecule has 0 spiro atoms. The number of amides is 2. The first kappa shape index (κ1) is 19.0. The number of fused-ring (bicyclic) bond motifs is 1. The molecule has 3 aliphatic heterocycles. The molecule has 28 heavy (non-hydrogen) atoms. The molecule has 4 rings (SSSR count). The van der Waals surface area contributed by atoms with Gasteiger partial charge in [0.1, 0.15) is 18.0 Å². The lowest BCUT2D eigenvalue weighted by molar-refractivity contribution is -0.893. The summed E-state index contributed by atoms with van der Waals surface area (Å²) in [5.41, 5.74) is 1.23. The molecule has 148 valence electrons. The molecule has 1 aromatic carbocycles. The van der Waals surface area contributed by atoms with Crippen molar-refractivity contribution in [2.45, 2.75) is 24.3 Å². The molecule has 2 fully saturated rings. The van der Waals surface area contributed by atoms with E-state index in [-0.39, 0.29) is 17.5 Å². The van der Waals surface area contributed by atoms with Crippen LogP contribution >= 0.6 is 11.8 Å². The number of likely N-dealkylation sites (tertiary alicyclic amines) is 1. The first-order valence-electron chi connectivity index (χ1n) is 9.47. The van der Waals surface area contributed by atoms with Crippen molar-refractivity contribution < 1.29 is 24.0 Å². The second-order valence-electron chi connectivity index (χ2n) is 7.90. The van der Waals surface area contributed by atoms with E-state index >= 15 is 0 Å². The molecule has 1 aromatic rings. The zero-order valence-electron chi connectivity index (χ0n) is 15.7. The molecule has 8 heteroatoms. The molecule has 0 radical (unpaired) electrons. The maximum absolute atomic E-state index is 12.7. The topological polar surface area (TPSA) is 89.5 Å². The molecule has 0 saturated carbocycles. The van der Waals surface area contributed by atoms with Crippen LogP contribution < -0.4 is 10.4 Å². The average molecular weight is 401 g/mol. The largest absolute Gasteiger partial charge is 0.543 e. The summed E-state index contributed by atoms with van der Waals surface area (Å²) in [6.45, 7) is 2.65. The van der Waals surface area contributed by atoms with Crippen molar-refractivity contribution in [2.24, 2.45) is 0 Å². The molecular weight excluding hydrogens is 378 g/mol. The Morgan fingerprint density at radius 1 is 1.25 bits per heavy atom. The molecule has 3 heterocycles. The molecule has 1 N–H and O–H groups in total. The summed E-state index contributed by atoms with van der Waals surface area (Å²) in [4.78, 5) is 38.3. The van der Waals surface area contributed by atoms with Gasteiger partial charge in [-0.15, -0.1) is 11.8 Å². The predicted molar refractivity (Wildman–Crippen MR) is 103 cm³/mol. The van der Waals surface area contributed by atoms with Gasteiger partial charge >= 0.3 is 0 Å². The maximum Gasteiger partial charge on any atom is 0.253 e. The van der Waals surface area contributed by atoms with Crippen LogP contribution in [0.1, 0.15) is 23.2 Å². The predicted octanol–water partition coefficient (Wildman–Crippen LogP) is -0.0555. The quantitative estimate of drug-likeness (QED) is 0.552. The first-order valence-corrected chi connectivity index (χ1v) is 10.5. The first-order chi connectivity index (χ1) is 13.4. The van der Waals surface area contributed by atoms with E-state index in [1.807, 2.05) is 6.07 Å². The number of carboxylic acids is 1. The third kappa shape index (κ3) is 3.31. The Balaban J connectivity index is 1.52. The number of thioether (sulfide) groups is 1. The molecule has 0 bridgehead atoms. The van der Waals surface area contributed by atoms with Gasteiger partial charge in [-0.1, -0.05) is 18.2 Å². The molecule has 2 amide bonds. The van der Waals surface area contributed by atoms with Crippen LogP contribution in [0, 0.1) is 0 Å². The van der Waals surface area contributed by atoms with Gasteiger partial charge in [-0.2, -0.15) is 0 Å². The van der Waals surface area contributed by atoms with Crippen LogP contribution in [0.25, 0.3) is 0 Å². The fourth-order valence-electron chi connectivity index (χ4n) is 4.33. The molecule has 0 aromatic heterocycles. The van der Waals surface area contributed by atoms with Crippen molar-refractivity contribution in [1.82, 2.24) is 10.2 Å². The van der Waals surface area contributed by atoms with Gasteiger partial charge in [0.15, 0.2) is 0 Å². The van der Waals surface area contributed by atoms with E-state index in [0.29, 0.717) is 17.9 Å². The number of carboxylic acid groups (broad SMARTS) is 1. The molecule has 3 aliphatic rings. The summed E-state index contributed by atoms with van der Waals surface area (Å²) in [6.07, 6.45) is 2.27. The van der Waals surface area contributed by atoms with Gasteiger partial charge < -0.3 is 19.7 Å². The molecular formula is C20H23N3O4S. The number of benzene rings is 1. The molecule has 2 saturated heterocycles. The van der Waals surface area contributed by atoms with Crippen LogP contribution in [0.4, 0.5) is 0 Å². The Bertz CT molecular complexity index is 848. The van der Waals surface area contributed by atoms with Gasteiger partial charge in [0.05, 0.1) is 31.8 Å². The van der Waals surface area contributed by atoms with Crippen LogP contribution in [0.3, 0.4) is 0 Å². The van der Waals surface area contributed by atoms with Crippen molar-refractivity contribution in [1.29, 1.82) is 0 Å². The van der Waals surface area contributed by atoms with E-state index in [0.717, 1.165) is 36.0 Å². The highest BCUT2D eigenvalue weighted by molar-refractivity contribution is 8.00. The van der Waals surface area contributed by atoms with E-state index in [4.69, 9.17) is 0 Å². The van der Waals surface area contributed by atoms with Crippen LogP contribution in [-0.4, -0.2) is 71.0 Å². The summed E-state index contributed by atoms with van der Waals surface area (Å²) in [7, 11) is 2.13. The smallest absolute Gasteiger partial charge is 0.253 e. The third-order valence-electron chi connectivity index (χ3n) is 5.78. The lowest BCUT2D eigenvalue weighted by atomic mass is 10.0. The van der Waals surface area contributed by atoms with Crippen LogP contribution in [0.15, 0.2) is 41.6 Å². The second kappa shape index (κ2) is 7.25. The fraction of sp³-hybridized carbons (Fsp3) is 0.450. The highest BCUT2D eigenvalue weighted by atomic mass is 32.2. The number of hydrogen-bond acceptors (Lipinski definition) is 5. The molecule has 7 nitrogen and oxygen atoms in total. The Morgan fingerprint density at radius 2 is 1.93 bits per heavy atom. The van der Waals surface area contributed by atoms with Crippen molar-refractivity contribution >= 4 is 29.5 Å². The number of β-lactam (4-membered cyclic amide) rings is 1. The van der Waals surface area contributed by atoms with E-state index in [2.05, 4.69) is 12.4 Å². The number of likely N-dealkylation sites (N-methyl/N-ethyl adjacent to an activating group) is 1. The molecule has 1 unspecified atom stereocenters. The number of carbonyl (C=O) groups is 3. The molecule has 0 aliphatic carbocycles. The van der Waals surface area contributed by atoms with Crippen LogP contribution in [-0.2, 0) is 9.59 Å². The van der Waals surface area contributed by atoms with E-state index < -0.39 is 17.4 Å². The number of carbonyl (C=O) groups excluding carboxylic acids is 3. The minimum atomic E-state index is -1.31. The lowest BCUT2D eigenvalue weighted by Crippen LogP contribution is -2.71. The summed E-state index contributed by atoms with van der Waals surface area (Å²) in [5.74, 6) is -1.50. The summed E-state index contributed by atoms with van der Waals surface area (Å²) in [5, 5.41) is 14.2. The standard InChI is InChI=1S/C20H23N3O4S/c1-23(9-5-6-10-23)11-14-12-28-19-15(18(25)22(19)16(14)20(26)27)21-17(24)13-7-3-2-4-8-13/h2-4,7-8,15,19H,5-6,9-12H2,1H3,(H-,21,24,26,27)/t15?,19-/m1/s1. The monoisotopic (exact) mass is 401 g/mol. The second-order valence-corrected chi connectivity index (χ2v) is 9.00. The van der Waals surface area contributed by atoms with Gasteiger partial charge in [0, 0.05) is 29.7 Å². The summed E-state index contributed by atoms with van der Waals surface area (Å²) >= 11 is 1.50. The number of nitrogens with zero attached hydrogens (tertiary/aromatic N) is 2. The fourth-order valence-corrected chi connectivity index (χ4v) is 5.66. The Morgan fingerprint density at radius 3 is 2.57 bits per heavy atom. The number of rotatable bonds is 5. The Kier molecular flexibility index (Phi) is 4.93. The number of nitrogens with one attached hydrogen (secondary N) is 1. The van der Waals surface area contributed by atoms with Crippen molar-refractivity contribution in [2.75, 3.05) is 32.4 Å². The van der Waals surface area contributed by atoms with Gasteiger partial charge in [-0.3, -0.25) is 14.5 Å². The van der Waals surface area contributed by atoms with Crippen LogP contribution in [0.2, 0.25) is 0 Å². The normalized spacial score (nSPS) is 25.9. The number of hydrogen-bond donors (Lipinski definition) is 1. The number of aliphatic carboxylic acids is 1. The van der Waals surface area contributed by atoms with Gasteiger partial charge in [0.25, 0.3) is 11.8 Å². The van der Waals surface area contributed by atoms with E-state index in [1.165, 1.54) is 16.7 Å². The van der Waals surface area contributed by atoms with Crippen molar-refractivity contribution in [3.05, 3.63) is 47.2 Å². The van der Waals surface area contributed by atoms with Crippen molar-refractivity contribution in [3.63, 3.8) is 0 Å². The van der Waals surface area contributed by atoms with Gasteiger partial charge in [-0.05, 0) is 12.1 Å². The molecule has 2 atom stereocenters. The SMILES string of the molecule is C[N+]1(CC2=C(C(=O)[O-])N3C(=O)C(NC(=O)c4ccccc4)[C@H]3SC2)CCCC1. The van der Waals surface area contributed by atoms with Gasteiger partial charge in [-0.25, -0.2) is 0 Å². The van der Waals surface area contributed by atoms with E-state index in [9.17, 15) is 19.5 Å². The Hall–Kier alpha value is -2.32. The zero-order valence-corrected chi connectivity index (χ0v) is 16.5. The summed E-state index contributed by atoms with van der Waals surface area (Å²) < 4.78 is 0.799. The maximum atomic E-state index is 12.7. The Labute approximate surface area is 168 Å². The zero-order chi connectivity index (χ0) is 19.9. The van der Waals surface area contributed by atoms with Crippen LogP contribution in [0.5, 0.6) is 0 Å².